The highest BCUT2D eigenvalue weighted by Gasteiger charge is 2.16. The van der Waals surface area contributed by atoms with E-state index in [1.54, 1.807) is 6.07 Å². The van der Waals surface area contributed by atoms with Gasteiger partial charge >= 0.3 is 0 Å². The maximum absolute atomic E-state index is 13.6. The van der Waals surface area contributed by atoms with E-state index in [4.69, 9.17) is 0 Å². The number of hydrogen-bond donors (Lipinski definition) is 2. The van der Waals surface area contributed by atoms with Crippen LogP contribution in [0, 0.1) is 24.4 Å². The first-order chi connectivity index (χ1) is 12.9. The second kappa shape index (κ2) is 7.90. The third-order valence-electron chi connectivity index (χ3n) is 3.87. The first kappa shape index (κ1) is 18.4. The Morgan fingerprint density at radius 1 is 1.04 bits per heavy atom. The van der Waals surface area contributed by atoms with Crippen LogP contribution in [-0.4, -0.2) is 10.9 Å². The maximum Gasteiger partial charge on any atom is 0.257 e. The lowest BCUT2D eigenvalue weighted by Gasteiger charge is -2.09. The fourth-order valence-electron chi connectivity index (χ4n) is 2.46. The highest BCUT2D eigenvalue weighted by atomic mass is 19.2. The summed E-state index contributed by atoms with van der Waals surface area (Å²) in [7, 11) is 0. The van der Waals surface area contributed by atoms with Crippen molar-refractivity contribution in [2.24, 2.45) is 0 Å². The Hall–Kier alpha value is -3.35. The van der Waals surface area contributed by atoms with Gasteiger partial charge in [0.1, 0.15) is 5.82 Å². The van der Waals surface area contributed by atoms with Crippen molar-refractivity contribution in [3.63, 3.8) is 0 Å². The van der Waals surface area contributed by atoms with Gasteiger partial charge in [0, 0.05) is 12.7 Å². The van der Waals surface area contributed by atoms with Crippen molar-refractivity contribution >= 4 is 17.4 Å². The fraction of sp³-hybridized carbons (Fsp3) is 0.100. The predicted octanol–water partition coefficient (Wildman–Crippen LogP) is 4.67. The molecule has 138 valence electrons. The molecule has 0 aliphatic heterocycles. The van der Waals surface area contributed by atoms with Crippen molar-refractivity contribution in [2.45, 2.75) is 13.5 Å². The van der Waals surface area contributed by atoms with E-state index in [1.165, 1.54) is 12.3 Å². The Morgan fingerprint density at radius 3 is 2.56 bits per heavy atom. The van der Waals surface area contributed by atoms with Crippen molar-refractivity contribution in [1.82, 2.24) is 4.98 Å². The number of aromatic nitrogens is 1. The van der Waals surface area contributed by atoms with Gasteiger partial charge < -0.3 is 10.6 Å². The van der Waals surface area contributed by atoms with Crippen LogP contribution < -0.4 is 10.6 Å². The molecule has 0 unspecified atom stereocenters. The third kappa shape index (κ3) is 4.44. The number of hydrogen-bond acceptors (Lipinski definition) is 3. The van der Waals surface area contributed by atoms with Crippen LogP contribution in [-0.2, 0) is 6.54 Å². The molecule has 0 bridgehead atoms. The number of rotatable bonds is 5. The summed E-state index contributed by atoms with van der Waals surface area (Å²) in [6, 6.07) is 12.8. The summed E-state index contributed by atoms with van der Waals surface area (Å²) in [6.45, 7) is 2.57. The lowest BCUT2D eigenvalue weighted by molar-refractivity contribution is 0.102. The Balaban J connectivity index is 1.64. The average molecular weight is 371 g/mol. The van der Waals surface area contributed by atoms with Crippen LogP contribution in [0.25, 0.3) is 0 Å². The summed E-state index contributed by atoms with van der Waals surface area (Å²) in [5.74, 6) is -4.53. The fourth-order valence-corrected chi connectivity index (χ4v) is 2.46. The van der Waals surface area contributed by atoms with Crippen LogP contribution in [0.15, 0.2) is 54.7 Å². The second-order valence-corrected chi connectivity index (χ2v) is 5.95. The molecule has 3 aromatic rings. The van der Waals surface area contributed by atoms with Crippen LogP contribution in [0.1, 0.15) is 21.5 Å². The van der Waals surface area contributed by atoms with E-state index in [0.717, 1.165) is 23.3 Å². The zero-order valence-electron chi connectivity index (χ0n) is 14.4. The molecule has 0 fully saturated rings. The number of nitrogens with zero attached hydrogens (tertiary/aromatic N) is 1. The molecule has 2 aromatic carbocycles. The number of carbonyl (C=O) groups is 1. The van der Waals surface area contributed by atoms with Gasteiger partial charge in [0.25, 0.3) is 5.91 Å². The number of aryl methyl sites for hydroxylation is 1. The van der Waals surface area contributed by atoms with E-state index in [-0.39, 0.29) is 5.56 Å². The number of pyridine rings is 1. The predicted molar refractivity (Wildman–Crippen MR) is 97.0 cm³/mol. The summed E-state index contributed by atoms with van der Waals surface area (Å²) in [6.07, 6.45) is 1.31. The zero-order chi connectivity index (χ0) is 19.4. The number of amides is 1. The molecule has 1 amide bonds. The highest BCUT2D eigenvalue weighted by molar-refractivity contribution is 6.04. The molecular formula is C20H16F3N3O. The molecule has 1 heterocycles. The summed E-state index contributed by atoms with van der Waals surface area (Å²) in [4.78, 5) is 16.3. The minimum Gasteiger partial charge on any atom is -0.366 e. The normalized spacial score (nSPS) is 10.5. The molecule has 0 saturated heterocycles. The smallest absolute Gasteiger partial charge is 0.257 e. The molecule has 0 aliphatic rings. The molecule has 0 radical (unpaired) electrons. The molecule has 7 heteroatoms. The SMILES string of the molecule is Cc1cccc(CNc2ccc(C(=O)Nc3ccc(F)c(F)c3F)cn2)c1. The molecule has 2 N–H and O–H groups in total. The molecule has 0 saturated carbocycles. The minimum atomic E-state index is -1.64. The van der Waals surface area contributed by atoms with Gasteiger partial charge in [-0.3, -0.25) is 4.79 Å². The summed E-state index contributed by atoms with van der Waals surface area (Å²) < 4.78 is 39.8. The van der Waals surface area contributed by atoms with Crippen LogP contribution >= 0.6 is 0 Å². The van der Waals surface area contributed by atoms with E-state index in [0.29, 0.717) is 12.4 Å². The molecule has 0 atom stereocenters. The van der Waals surface area contributed by atoms with E-state index >= 15 is 0 Å². The van der Waals surface area contributed by atoms with E-state index in [9.17, 15) is 18.0 Å². The van der Waals surface area contributed by atoms with Crippen LogP contribution in [0.2, 0.25) is 0 Å². The first-order valence-corrected chi connectivity index (χ1v) is 8.14. The number of halogens is 3. The van der Waals surface area contributed by atoms with Crippen LogP contribution in [0.4, 0.5) is 24.7 Å². The number of nitrogens with one attached hydrogen (secondary N) is 2. The third-order valence-corrected chi connectivity index (χ3v) is 3.87. The minimum absolute atomic E-state index is 0.153. The van der Waals surface area contributed by atoms with Gasteiger partial charge in [-0.25, -0.2) is 18.2 Å². The Labute approximate surface area is 154 Å². The largest absolute Gasteiger partial charge is 0.366 e. The van der Waals surface area contributed by atoms with Crippen molar-refractivity contribution in [3.05, 3.63) is 88.9 Å². The number of anilines is 2. The Morgan fingerprint density at radius 2 is 1.85 bits per heavy atom. The van der Waals surface area contributed by atoms with E-state index in [1.807, 2.05) is 31.2 Å². The van der Waals surface area contributed by atoms with Gasteiger partial charge in [-0.1, -0.05) is 29.8 Å². The molecule has 1 aromatic heterocycles. The lowest BCUT2D eigenvalue weighted by Crippen LogP contribution is -2.14. The first-order valence-electron chi connectivity index (χ1n) is 8.14. The number of benzene rings is 2. The molecule has 27 heavy (non-hydrogen) atoms. The maximum atomic E-state index is 13.6. The van der Waals surface area contributed by atoms with Crippen LogP contribution in [0.5, 0.6) is 0 Å². The Bertz CT molecular complexity index is 975. The summed E-state index contributed by atoms with van der Waals surface area (Å²) in [5, 5.41) is 5.33. The van der Waals surface area contributed by atoms with Gasteiger partial charge in [0.15, 0.2) is 17.5 Å². The van der Waals surface area contributed by atoms with Crippen molar-refractivity contribution in [1.29, 1.82) is 0 Å². The van der Waals surface area contributed by atoms with Crippen molar-refractivity contribution < 1.29 is 18.0 Å². The van der Waals surface area contributed by atoms with Gasteiger partial charge in [-0.2, -0.15) is 0 Å². The average Bonchev–Trinajstić information content (AvgIpc) is 2.67. The molecule has 4 nitrogen and oxygen atoms in total. The molecular weight excluding hydrogens is 355 g/mol. The second-order valence-electron chi connectivity index (χ2n) is 5.95. The van der Waals surface area contributed by atoms with Crippen molar-refractivity contribution in [3.8, 4) is 0 Å². The zero-order valence-corrected chi connectivity index (χ0v) is 14.4. The number of carbonyl (C=O) groups excluding carboxylic acids is 1. The molecule has 0 spiro atoms. The van der Waals surface area contributed by atoms with E-state index in [2.05, 4.69) is 15.6 Å². The van der Waals surface area contributed by atoms with Crippen LogP contribution in [0.3, 0.4) is 0 Å². The molecule has 3 rings (SSSR count). The molecule has 0 aliphatic carbocycles. The topological polar surface area (TPSA) is 54.0 Å². The monoisotopic (exact) mass is 371 g/mol. The van der Waals surface area contributed by atoms with Gasteiger partial charge in [0.2, 0.25) is 0 Å². The summed E-state index contributed by atoms with van der Waals surface area (Å²) in [5.41, 5.74) is 1.95. The van der Waals surface area contributed by atoms with Gasteiger partial charge in [-0.15, -0.1) is 0 Å². The van der Waals surface area contributed by atoms with Gasteiger partial charge in [0.05, 0.1) is 11.3 Å². The van der Waals surface area contributed by atoms with E-state index < -0.39 is 29.0 Å². The Kier molecular flexibility index (Phi) is 5.40. The van der Waals surface area contributed by atoms with Gasteiger partial charge in [-0.05, 0) is 36.8 Å². The highest BCUT2D eigenvalue weighted by Crippen LogP contribution is 2.20. The summed E-state index contributed by atoms with van der Waals surface area (Å²) >= 11 is 0. The lowest BCUT2D eigenvalue weighted by atomic mass is 10.1. The standard InChI is InChI=1S/C20H16F3N3O/c1-12-3-2-4-13(9-12)10-24-17-8-5-14(11-25-17)20(27)26-16-7-6-15(21)18(22)19(16)23/h2-9,11H,10H2,1H3,(H,24,25)(H,26,27). The quantitative estimate of drug-likeness (QED) is 0.641. The van der Waals surface area contributed by atoms with Crippen molar-refractivity contribution in [2.75, 3.05) is 10.6 Å².